The number of hydrogen-bond acceptors (Lipinski definition) is 4. The molecule has 1 fully saturated rings. The summed E-state index contributed by atoms with van der Waals surface area (Å²) in [6.07, 6.45) is 1.51. The highest BCUT2D eigenvalue weighted by molar-refractivity contribution is 7.80. The number of amides is 1. The predicted molar refractivity (Wildman–Crippen MR) is 62.6 cm³/mol. The molecule has 1 heterocycles. The second kappa shape index (κ2) is 4.34. The van der Waals surface area contributed by atoms with Crippen molar-refractivity contribution in [2.24, 2.45) is 0 Å². The molecule has 2 N–H and O–H groups in total. The molecular weight excluding hydrogens is 240 g/mol. The number of carboxylic acids is 1. The van der Waals surface area contributed by atoms with Crippen molar-refractivity contribution in [3.8, 4) is 0 Å². The quantitative estimate of drug-likeness (QED) is 0.538. The van der Waals surface area contributed by atoms with E-state index in [9.17, 15) is 14.7 Å². The molecule has 17 heavy (non-hydrogen) atoms. The molecule has 2 rings (SSSR count). The normalized spacial score (nSPS) is 16.8. The zero-order valence-electron chi connectivity index (χ0n) is 8.52. The van der Waals surface area contributed by atoms with E-state index in [1.807, 2.05) is 0 Å². The van der Waals surface area contributed by atoms with Crippen LogP contribution in [0, 0.1) is 0 Å². The van der Waals surface area contributed by atoms with Crippen molar-refractivity contribution in [1.82, 2.24) is 10.6 Å². The average molecular weight is 247 g/mol. The molecule has 1 aliphatic heterocycles. The molecule has 0 aliphatic carbocycles. The van der Waals surface area contributed by atoms with Crippen LogP contribution >= 0.6 is 12.2 Å². The van der Waals surface area contributed by atoms with Crippen molar-refractivity contribution < 1.29 is 14.7 Å². The van der Waals surface area contributed by atoms with Crippen LogP contribution < -0.4 is 15.7 Å². The number of benzene rings is 1. The first-order valence-electron chi connectivity index (χ1n) is 4.72. The maximum atomic E-state index is 11.3. The highest BCUT2D eigenvalue weighted by atomic mass is 32.1. The minimum Gasteiger partial charge on any atom is -0.545 e. The molecule has 0 atom stereocenters. The topological polar surface area (TPSA) is 81.3 Å². The van der Waals surface area contributed by atoms with Crippen LogP contribution in [0.1, 0.15) is 15.9 Å². The van der Waals surface area contributed by atoms with Gasteiger partial charge in [-0.15, -0.1) is 0 Å². The van der Waals surface area contributed by atoms with Crippen LogP contribution in [-0.4, -0.2) is 17.0 Å². The van der Waals surface area contributed by atoms with Crippen molar-refractivity contribution >= 4 is 35.3 Å². The third-order valence-electron chi connectivity index (χ3n) is 2.15. The summed E-state index contributed by atoms with van der Waals surface area (Å²) in [6.45, 7) is 0. The Labute approximate surface area is 102 Å². The van der Waals surface area contributed by atoms with E-state index < -0.39 is 5.97 Å². The summed E-state index contributed by atoms with van der Waals surface area (Å²) in [4.78, 5) is 22.0. The lowest BCUT2D eigenvalue weighted by molar-refractivity contribution is -0.255. The molecule has 1 aromatic rings. The predicted octanol–water partition coefficient (Wildman–Crippen LogP) is -0.605. The summed E-state index contributed by atoms with van der Waals surface area (Å²) in [5, 5.41) is 16.0. The summed E-state index contributed by atoms with van der Waals surface area (Å²) in [5.41, 5.74) is 0.917. The van der Waals surface area contributed by atoms with Gasteiger partial charge in [-0.3, -0.25) is 10.1 Å². The Morgan fingerprint density at radius 1 is 1.35 bits per heavy atom. The third kappa shape index (κ3) is 2.48. The van der Waals surface area contributed by atoms with Crippen LogP contribution in [0.25, 0.3) is 6.08 Å². The first kappa shape index (κ1) is 11.3. The second-order valence-corrected chi connectivity index (χ2v) is 3.79. The first-order valence-corrected chi connectivity index (χ1v) is 5.12. The van der Waals surface area contributed by atoms with Crippen molar-refractivity contribution in [3.63, 3.8) is 0 Å². The summed E-state index contributed by atoms with van der Waals surface area (Å²) < 4.78 is 0. The lowest BCUT2D eigenvalue weighted by atomic mass is 10.1. The fourth-order valence-electron chi connectivity index (χ4n) is 1.40. The molecule has 0 saturated carbocycles. The lowest BCUT2D eigenvalue weighted by Gasteiger charge is -2.03. The number of rotatable bonds is 2. The van der Waals surface area contributed by atoms with E-state index in [2.05, 4.69) is 10.6 Å². The zero-order chi connectivity index (χ0) is 12.4. The fourth-order valence-corrected chi connectivity index (χ4v) is 1.61. The Morgan fingerprint density at radius 3 is 2.71 bits per heavy atom. The monoisotopic (exact) mass is 247 g/mol. The van der Waals surface area contributed by atoms with Crippen molar-refractivity contribution in [2.45, 2.75) is 0 Å². The number of carbonyl (C=O) groups is 2. The van der Waals surface area contributed by atoms with E-state index in [0.717, 1.165) is 0 Å². The number of aromatic carboxylic acids is 1. The number of thiocarbonyl (C=S) groups is 1. The van der Waals surface area contributed by atoms with Gasteiger partial charge in [-0.25, -0.2) is 0 Å². The lowest BCUT2D eigenvalue weighted by Crippen LogP contribution is -2.22. The molecule has 1 aromatic carbocycles. The summed E-state index contributed by atoms with van der Waals surface area (Å²) in [6, 6.07) is 6.08. The van der Waals surface area contributed by atoms with Gasteiger partial charge < -0.3 is 15.2 Å². The third-order valence-corrected chi connectivity index (χ3v) is 2.36. The molecule has 86 valence electrons. The smallest absolute Gasteiger partial charge is 0.273 e. The van der Waals surface area contributed by atoms with Gasteiger partial charge in [-0.1, -0.05) is 18.2 Å². The number of carbonyl (C=O) groups excluding carboxylic acids is 2. The van der Waals surface area contributed by atoms with Gasteiger partial charge in [0, 0.05) is 0 Å². The summed E-state index contributed by atoms with van der Waals surface area (Å²) in [5.74, 6) is -1.60. The van der Waals surface area contributed by atoms with Gasteiger partial charge in [0.1, 0.15) is 5.70 Å². The molecule has 0 radical (unpaired) electrons. The summed E-state index contributed by atoms with van der Waals surface area (Å²) >= 11 is 4.77. The van der Waals surface area contributed by atoms with Crippen LogP contribution in [0.15, 0.2) is 30.0 Å². The SMILES string of the molecule is O=C1NC(=S)N/C1=C/c1cccc(C(=O)[O-])c1. The molecule has 0 unspecified atom stereocenters. The Bertz CT molecular complexity index is 551. The van der Waals surface area contributed by atoms with E-state index in [0.29, 0.717) is 5.56 Å². The van der Waals surface area contributed by atoms with Gasteiger partial charge in [-0.2, -0.15) is 0 Å². The van der Waals surface area contributed by atoms with Crippen LogP contribution in [0.5, 0.6) is 0 Å². The van der Waals surface area contributed by atoms with E-state index in [-0.39, 0.29) is 22.3 Å². The van der Waals surface area contributed by atoms with Crippen molar-refractivity contribution in [2.75, 3.05) is 0 Å². The van der Waals surface area contributed by atoms with Gasteiger partial charge in [0.05, 0.1) is 5.97 Å². The number of hydrogen-bond donors (Lipinski definition) is 2. The van der Waals surface area contributed by atoms with Crippen LogP contribution in [0.2, 0.25) is 0 Å². The van der Waals surface area contributed by atoms with E-state index >= 15 is 0 Å². The van der Waals surface area contributed by atoms with Crippen LogP contribution in [-0.2, 0) is 4.79 Å². The van der Waals surface area contributed by atoms with Gasteiger partial charge in [0.2, 0.25) is 0 Å². The second-order valence-electron chi connectivity index (χ2n) is 3.38. The zero-order valence-corrected chi connectivity index (χ0v) is 9.34. The van der Waals surface area contributed by atoms with Gasteiger partial charge in [0.15, 0.2) is 5.11 Å². The first-order chi connectivity index (χ1) is 8.06. The fraction of sp³-hybridized carbons (Fsp3) is 0. The van der Waals surface area contributed by atoms with Crippen LogP contribution in [0.3, 0.4) is 0 Å². The Kier molecular flexibility index (Phi) is 2.88. The standard InChI is InChI=1S/C11H8N2O3S/c14-9-8(12-11(17)13-9)5-6-2-1-3-7(4-6)10(15)16/h1-5H,(H,15,16)(H2,12,13,14,17)/p-1/b8-5+. The molecule has 0 spiro atoms. The number of nitrogens with one attached hydrogen (secondary N) is 2. The van der Waals surface area contributed by atoms with Gasteiger partial charge >= 0.3 is 0 Å². The highest BCUT2D eigenvalue weighted by Crippen LogP contribution is 2.10. The van der Waals surface area contributed by atoms with E-state index in [1.54, 1.807) is 12.1 Å². The Morgan fingerprint density at radius 2 is 2.12 bits per heavy atom. The molecular formula is C11H7N2O3S-. The molecule has 1 aliphatic rings. The molecule has 1 amide bonds. The molecule has 6 heteroatoms. The Hall–Kier alpha value is -2.21. The maximum Gasteiger partial charge on any atom is 0.273 e. The Balaban J connectivity index is 2.33. The molecule has 0 aromatic heterocycles. The largest absolute Gasteiger partial charge is 0.545 e. The molecule has 0 bridgehead atoms. The average Bonchev–Trinajstić information content (AvgIpc) is 2.58. The highest BCUT2D eigenvalue weighted by Gasteiger charge is 2.19. The van der Waals surface area contributed by atoms with Gasteiger partial charge in [-0.05, 0) is 35.5 Å². The number of carboxylic acid groups (broad SMARTS) is 1. The van der Waals surface area contributed by atoms with Crippen molar-refractivity contribution in [3.05, 3.63) is 41.1 Å². The molecule has 1 saturated heterocycles. The van der Waals surface area contributed by atoms with Crippen molar-refractivity contribution in [1.29, 1.82) is 0 Å². The minimum absolute atomic E-state index is 0.0559. The van der Waals surface area contributed by atoms with E-state index in [4.69, 9.17) is 12.2 Å². The van der Waals surface area contributed by atoms with Gasteiger partial charge in [0.25, 0.3) is 5.91 Å². The summed E-state index contributed by atoms with van der Waals surface area (Å²) in [7, 11) is 0. The maximum absolute atomic E-state index is 11.3. The minimum atomic E-state index is -1.26. The van der Waals surface area contributed by atoms with Crippen LogP contribution in [0.4, 0.5) is 0 Å². The van der Waals surface area contributed by atoms with E-state index in [1.165, 1.54) is 18.2 Å². The molecule has 5 nitrogen and oxygen atoms in total.